The van der Waals surface area contributed by atoms with Crippen LogP contribution in [0.1, 0.15) is 16.7 Å². The first-order valence-corrected chi connectivity index (χ1v) is 9.56. The molecule has 0 spiro atoms. The fraction of sp³-hybridized carbons (Fsp3) is 0.167. The lowest BCUT2D eigenvalue weighted by Gasteiger charge is -2.10. The Morgan fingerprint density at radius 3 is 2.14 bits per heavy atom. The third-order valence-electron chi connectivity index (χ3n) is 4.10. The number of esters is 1. The Bertz CT molecular complexity index is 1100. The topological polar surface area (TPSA) is 60.4 Å². The molecule has 0 amide bonds. The number of benzene rings is 2. The van der Waals surface area contributed by atoms with Crippen LogP contribution in [0.2, 0.25) is 0 Å². The van der Waals surface area contributed by atoms with Gasteiger partial charge in [-0.05, 0) is 29.8 Å². The average molecular weight is 418 g/mol. The fourth-order valence-corrected chi connectivity index (χ4v) is 3.51. The molecular formula is C18H11F5O4S. The van der Waals surface area contributed by atoms with Gasteiger partial charge in [-0.25, -0.2) is 22.0 Å². The summed E-state index contributed by atoms with van der Waals surface area (Å²) in [6.07, 6.45) is -3.87. The molecule has 148 valence electrons. The molecule has 28 heavy (non-hydrogen) atoms. The standard InChI is InChI=1S/C18H11F5O4S/c1-28(25,26)15-7-13(19)11(6-14(15)20)12-8-27-17(24)16(12)9-2-4-10(5-3-9)18(21,22)23/h2-7H,8H2,1H3. The van der Waals surface area contributed by atoms with Gasteiger partial charge in [0, 0.05) is 17.4 Å². The lowest BCUT2D eigenvalue weighted by atomic mass is 9.95. The van der Waals surface area contributed by atoms with Crippen LogP contribution in [0.5, 0.6) is 0 Å². The van der Waals surface area contributed by atoms with E-state index >= 15 is 0 Å². The predicted octanol–water partition coefficient (Wildman–Crippen LogP) is 3.85. The maximum Gasteiger partial charge on any atom is 0.416 e. The van der Waals surface area contributed by atoms with E-state index in [4.69, 9.17) is 4.74 Å². The number of halogens is 5. The number of rotatable bonds is 3. The zero-order valence-corrected chi connectivity index (χ0v) is 14.9. The number of sulfone groups is 1. The minimum Gasteiger partial charge on any atom is -0.457 e. The van der Waals surface area contributed by atoms with Crippen LogP contribution in [0.15, 0.2) is 41.3 Å². The molecule has 1 aliphatic rings. The minimum atomic E-state index is -4.58. The maximum atomic E-state index is 14.5. The van der Waals surface area contributed by atoms with Crippen LogP contribution in [0.3, 0.4) is 0 Å². The highest BCUT2D eigenvalue weighted by Gasteiger charge is 2.33. The van der Waals surface area contributed by atoms with E-state index in [1.54, 1.807) is 0 Å². The number of hydrogen-bond acceptors (Lipinski definition) is 4. The third kappa shape index (κ3) is 3.64. The molecule has 1 aliphatic heterocycles. The van der Waals surface area contributed by atoms with Crippen LogP contribution in [-0.4, -0.2) is 27.2 Å². The average Bonchev–Trinajstić information content (AvgIpc) is 2.96. The van der Waals surface area contributed by atoms with Crippen LogP contribution in [0.4, 0.5) is 22.0 Å². The smallest absolute Gasteiger partial charge is 0.416 e. The quantitative estimate of drug-likeness (QED) is 0.561. The van der Waals surface area contributed by atoms with E-state index in [-0.39, 0.29) is 16.7 Å². The summed E-state index contributed by atoms with van der Waals surface area (Å²) < 4.78 is 94.6. The highest BCUT2D eigenvalue weighted by molar-refractivity contribution is 7.90. The van der Waals surface area contributed by atoms with Gasteiger partial charge in [-0.15, -0.1) is 0 Å². The zero-order valence-electron chi connectivity index (χ0n) is 14.1. The number of alkyl halides is 3. The Labute approximate surface area is 156 Å². The Morgan fingerprint density at radius 2 is 1.61 bits per heavy atom. The van der Waals surface area contributed by atoms with Gasteiger partial charge >= 0.3 is 12.1 Å². The molecular weight excluding hydrogens is 407 g/mol. The summed E-state index contributed by atoms with van der Waals surface area (Å²) in [5.41, 5.74) is -1.65. The molecule has 0 radical (unpaired) electrons. The summed E-state index contributed by atoms with van der Waals surface area (Å²) in [6, 6.07) is 4.63. The van der Waals surface area contributed by atoms with Crippen molar-refractivity contribution < 1.29 is 39.9 Å². The Kier molecular flexibility index (Phi) is 4.78. The lowest BCUT2D eigenvalue weighted by molar-refractivity contribution is -0.137. The largest absolute Gasteiger partial charge is 0.457 e. The summed E-state index contributed by atoms with van der Waals surface area (Å²) in [6.45, 7) is -0.441. The number of carbonyl (C=O) groups is 1. The van der Waals surface area contributed by atoms with Gasteiger partial charge in [-0.1, -0.05) is 12.1 Å². The molecule has 10 heteroatoms. The summed E-state index contributed by atoms with van der Waals surface area (Å²) in [4.78, 5) is 11.2. The molecule has 2 aromatic carbocycles. The molecule has 0 saturated carbocycles. The number of hydrogen-bond donors (Lipinski definition) is 0. The van der Waals surface area contributed by atoms with Crippen molar-refractivity contribution in [2.24, 2.45) is 0 Å². The van der Waals surface area contributed by atoms with Gasteiger partial charge < -0.3 is 4.74 Å². The molecule has 0 aliphatic carbocycles. The Morgan fingerprint density at radius 1 is 1.00 bits per heavy atom. The molecule has 0 N–H and O–H groups in total. The number of carbonyl (C=O) groups excluding carboxylic acids is 1. The van der Waals surface area contributed by atoms with E-state index in [9.17, 15) is 35.2 Å². The first-order valence-electron chi connectivity index (χ1n) is 7.67. The second-order valence-corrected chi connectivity index (χ2v) is 8.02. The molecule has 0 aromatic heterocycles. The molecule has 2 aromatic rings. The lowest BCUT2D eigenvalue weighted by Crippen LogP contribution is -2.06. The summed E-state index contributed by atoms with van der Waals surface area (Å²) >= 11 is 0. The molecule has 4 nitrogen and oxygen atoms in total. The van der Waals surface area contributed by atoms with Crippen LogP contribution < -0.4 is 0 Å². The molecule has 3 rings (SSSR count). The maximum absolute atomic E-state index is 14.5. The molecule has 0 saturated heterocycles. The monoisotopic (exact) mass is 418 g/mol. The molecule has 0 unspecified atom stereocenters. The Hall–Kier alpha value is -2.75. The van der Waals surface area contributed by atoms with Crippen LogP contribution >= 0.6 is 0 Å². The molecule has 1 heterocycles. The van der Waals surface area contributed by atoms with E-state index in [0.717, 1.165) is 24.3 Å². The van der Waals surface area contributed by atoms with Gasteiger partial charge in [0.1, 0.15) is 23.1 Å². The second-order valence-electron chi connectivity index (χ2n) is 6.04. The van der Waals surface area contributed by atoms with Gasteiger partial charge in [0.05, 0.1) is 11.1 Å². The SMILES string of the molecule is CS(=O)(=O)c1cc(F)c(C2=C(c3ccc(C(F)(F)F)cc3)C(=O)OC2)cc1F. The van der Waals surface area contributed by atoms with Crippen LogP contribution in [0.25, 0.3) is 11.1 Å². The second kappa shape index (κ2) is 6.69. The van der Waals surface area contributed by atoms with Gasteiger partial charge in [0.15, 0.2) is 9.84 Å². The van der Waals surface area contributed by atoms with Gasteiger partial charge in [-0.2, -0.15) is 13.2 Å². The number of cyclic esters (lactones) is 1. The van der Waals surface area contributed by atoms with E-state index in [0.29, 0.717) is 18.4 Å². The van der Waals surface area contributed by atoms with Gasteiger partial charge in [-0.3, -0.25) is 0 Å². The first-order chi connectivity index (χ1) is 12.9. The molecule has 0 bridgehead atoms. The summed E-state index contributed by atoms with van der Waals surface area (Å²) in [5.74, 6) is -3.25. The minimum absolute atomic E-state index is 0.0255. The molecule has 0 fully saturated rings. The van der Waals surface area contributed by atoms with Gasteiger partial charge in [0.2, 0.25) is 0 Å². The van der Waals surface area contributed by atoms with Crippen LogP contribution in [0, 0.1) is 11.6 Å². The first kappa shape index (κ1) is 20.0. The predicted molar refractivity (Wildman–Crippen MR) is 88.7 cm³/mol. The van der Waals surface area contributed by atoms with Crippen LogP contribution in [-0.2, 0) is 25.5 Å². The van der Waals surface area contributed by atoms with E-state index in [1.807, 2.05) is 0 Å². The highest BCUT2D eigenvalue weighted by atomic mass is 32.2. The van der Waals surface area contributed by atoms with Crippen molar-refractivity contribution in [1.29, 1.82) is 0 Å². The Balaban J connectivity index is 2.16. The summed E-state index contributed by atoms with van der Waals surface area (Å²) in [7, 11) is -4.03. The van der Waals surface area contributed by atoms with Crippen molar-refractivity contribution >= 4 is 27.0 Å². The van der Waals surface area contributed by atoms with Crippen molar-refractivity contribution in [3.8, 4) is 0 Å². The molecule has 0 atom stereocenters. The normalized spacial score (nSPS) is 15.1. The summed E-state index contributed by atoms with van der Waals surface area (Å²) in [5, 5.41) is 0. The van der Waals surface area contributed by atoms with Crippen molar-refractivity contribution in [3.05, 3.63) is 64.7 Å². The fourth-order valence-electron chi connectivity index (χ4n) is 2.78. The van der Waals surface area contributed by atoms with Crippen molar-refractivity contribution in [3.63, 3.8) is 0 Å². The van der Waals surface area contributed by atoms with Gasteiger partial charge in [0.25, 0.3) is 0 Å². The number of ether oxygens (including phenoxy) is 1. The third-order valence-corrected chi connectivity index (χ3v) is 5.21. The van der Waals surface area contributed by atoms with E-state index in [2.05, 4.69) is 0 Å². The van der Waals surface area contributed by atoms with Crippen molar-refractivity contribution in [2.45, 2.75) is 11.1 Å². The zero-order chi connectivity index (χ0) is 20.9. The van der Waals surface area contributed by atoms with E-state index < -0.39 is 56.2 Å². The van der Waals surface area contributed by atoms with Crippen molar-refractivity contribution in [2.75, 3.05) is 12.9 Å². The van der Waals surface area contributed by atoms with Crippen molar-refractivity contribution in [1.82, 2.24) is 0 Å². The highest BCUT2D eigenvalue weighted by Crippen LogP contribution is 2.37. The van der Waals surface area contributed by atoms with E-state index in [1.165, 1.54) is 0 Å².